The molecule has 0 bridgehead atoms. The van der Waals surface area contributed by atoms with Crippen molar-refractivity contribution in [2.45, 2.75) is 37.3 Å². The van der Waals surface area contributed by atoms with Crippen LogP contribution in [0, 0.1) is 5.92 Å². The standard InChI is InChI=1S/C34H35N7O4S/c1-38-15-9-25-30(38)37-22-41(32(25)43)21-34(45)11-17-39(18-12-34)31(42)24-10-16-40(20-26(24)23-5-3-2-4-6-23)33(44)29-8-7-28(46-29)27-19-35-13-14-36-27/h2-9,13-15,19,22,24,26,45H,10-12,16-18,20-21H2,1H3/t24-,26+/m1/s1. The number of likely N-dealkylation sites (tertiary alicyclic amines) is 2. The van der Waals surface area contributed by atoms with Crippen molar-refractivity contribution in [1.29, 1.82) is 0 Å². The molecule has 0 radical (unpaired) electrons. The molecule has 0 spiro atoms. The monoisotopic (exact) mass is 637 g/mol. The van der Waals surface area contributed by atoms with Gasteiger partial charge in [0.2, 0.25) is 5.91 Å². The van der Waals surface area contributed by atoms with Gasteiger partial charge in [-0.2, -0.15) is 0 Å². The maximum absolute atomic E-state index is 14.1. The maximum atomic E-state index is 14.1. The predicted octanol–water partition coefficient (Wildman–Crippen LogP) is 3.55. The smallest absolute Gasteiger partial charge is 0.263 e. The predicted molar refractivity (Wildman–Crippen MR) is 174 cm³/mol. The molecule has 5 aromatic rings. The second-order valence-corrected chi connectivity index (χ2v) is 13.4. The minimum atomic E-state index is -1.12. The Kier molecular flexibility index (Phi) is 7.99. The molecule has 0 aliphatic carbocycles. The lowest BCUT2D eigenvalue weighted by Gasteiger charge is -2.43. The number of rotatable bonds is 6. The lowest BCUT2D eigenvalue weighted by Crippen LogP contribution is -2.53. The molecule has 2 saturated heterocycles. The number of hydrogen-bond donors (Lipinski definition) is 1. The fourth-order valence-electron chi connectivity index (χ4n) is 6.79. The molecule has 2 atom stereocenters. The molecule has 11 nitrogen and oxygen atoms in total. The van der Waals surface area contributed by atoms with E-state index in [9.17, 15) is 19.5 Å². The first-order chi connectivity index (χ1) is 22.3. The lowest BCUT2D eigenvalue weighted by atomic mass is 9.79. The summed E-state index contributed by atoms with van der Waals surface area (Å²) in [5, 5.41) is 12.0. The summed E-state index contributed by atoms with van der Waals surface area (Å²) < 4.78 is 3.27. The molecule has 7 rings (SSSR count). The van der Waals surface area contributed by atoms with Crippen LogP contribution in [0.3, 0.4) is 0 Å². The normalized spacial score (nSPS) is 19.8. The molecule has 2 aliphatic rings. The second-order valence-electron chi connectivity index (χ2n) is 12.3. The van der Waals surface area contributed by atoms with Crippen LogP contribution in [0.1, 0.15) is 40.4 Å². The third kappa shape index (κ3) is 5.74. The van der Waals surface area contributed by atoms with Gasteiger partial charge in [0.15, 0.2) is 0 Å². The van der Waals surface area contributed by atoms with Crippen LogP contribution in [-0.4, -0.2) is 82.6 Å². The van der Waals surface area contributed by atoms with Gasteiger partial charge in [-0.05, 0) is 43.0 Å². The summed E-state index contributed by atoms with van der Waals surface area (Å²) in [7, 11) is 1.84. The van der Waals surface area contributed by atoms with Gasteiger partial charge in [-0.15, -0.1) is 11.3 Å². The van der Waals surface area contributed by atoms with Crippen LogP contribution in [0.25, 0.3) is 21.6 Å². The topological polar surface area (TPSA) is 126 Å². The first-order valence-electron chi connectivity index (χ1n) is 15.5. The van der Waals surface area contributed by atoms with Crippen LogP contribution in [0.2, 0.25) is 0 Å². The van der Waals surface area contributed by atoms with E-state index in [0.29, 0.717) is 61.4 Å². The Balaban J connectivity index is 1.04. The summed E-state index contributed by atoms with van der Waals surface area (Å²) in [6.45, 7) is 1.83. The zero-order valence-electron chi connectivity index (χ0n) is 25.5. The third-order valence-electron chi connectivity index (χ3n) is 9.40. The quantitative estimate of drug-likeness (QED) is 0.302. The van der Waals surface area contributed by atoms with E-state index in [1.807, 2.05) is 59.3 Å². The van der Waals surface area contributed by atoms with Gasteiger partial charge in [0.05, 0.1) is 39.2 Å². The van der Waals surface area contributed by atoms with Crippen LogP contribution >= 0.6 is 11.3 Å². The van der Waals surface area contributed by atoms with Gasteiger partial charge in [-0.25, -0.2) is 4.98 Å². The molecule has 2 amide bonds. The number of fused-ring (bicyclic) bond motifs is 1. The Bertz CT molecular complexity index is 1930. The van der Waals surface area contributed by atoms with Gasteiger partial charge in [0.25, 0.3) is 11.5 Å². The van der Waals surface area contributed by atoms with E-state index in [2.05, 4.69) is 15.0 Å². The average molecular weight is 638 g/mol. The molecular weight excluding hydrogens is 602 g/mol. The van der Waals surface area contributed by atoms with Gasteiger partial charge in [-0.3, -0.25) is 28.9 Å². The number of nitrogens with zero attached hydrogens (tertiary/aromatic N) is 7. The number of carbonyl (C=O) groups excluding carboxylic acids is 2. The molecule has 0 unspecified atom stereocenters. The van der Waals surface area contributed by atoms with Crippen molar-refractivity contribution in [3.63, 3.8) is 0 Å². The Hall–Kier alpha value is -4.68. The number of piperidine rings is 2. The molecule has 2 aliphatic heterocycles. The molecule has 1 N–H and O–H groups in total. The highest BCUT2D eigenvalue weighted by atomic mass is 32.1. The summed E-state index contributed by atoms with van der Waals surface area (Å²) >= 11 is 1.40. The van der Waals surface area contributed by atoms with Crippen molar-refractivity contribution in [2.75, 3.05) is 26.2 Å². The Labute approximate surface area is 269 Å². The maximum Gasteiger partial charge on any atom is 0.263 e. The van der Waals surface area contributed by atoms with Crippen LogP contribution in [0.15, 0.2) is 84.4 Å². The molecule has 2 fully saturated rings. The summed E-state index contributed by atoms with van der Waals surface area (Å²) in [5.41, 5.74) is 1.06. The van der Waals surface area contributed by atoms with Crippen molar-refractivity contribution in [3.05, 3.63) is 100 Å². The van der Waals surface area contributed by atoms with E-state index >= 15 is 0 Å². The fourth-order valence-corrected chi connectivity index (χ4v) is 7.72. The highest BCUT2D eigenvalue weighted by molar-refractivity contribution is 7.17. The van der Waals surface area contributed by atoms with E-state index in [4.69, 9.17) is 0 Å². The van der Waals surface area contributed by atoms with Crippen LogP contribution < -0.4 is 5.56 Å². The number of aliphatic hydroxyl groups is 1. The summed E-state index contributed by atoms with van der Waals surface area (Å²) in [5.74, 6) is -0.445. The van der Waals surface area contributed by atoms with Crippen molar-refractivity contribution < 1.29 is 14.7 Å². The summed E-state index contributed by atoms with van der Waals surface area (Å²) in [6.07, 6.45) is 9.49. The number of benzene rings is 1. The Morgan fingerprint density at radius 3 is 2.57 bits per heavy atom. The van der Waals surface area contributed by atoms with Crippen LogP contribution in [0.4, 0.5) is 0 Å². The van der Waals surface area contributed by atoms with Gasteiger partial charge < -0.3 is 19.5 Å². The van der Waals surface area contributed by atoms with Gasteiger partial charge in [-0.1, -0.05) is 30.3 Å². The van der Waals surface area contributed by atoms with Gasteiger partial charge >= 0.3 is 0 Å². The van der Waals surface area contributed by atoms with Crippen LogP contribution in [0.5, 0.6) is 0 Å². The van der Waals surface area contributed by atoms with Gasteiger partial charge in [0.1, 0.15) is 12.0 Å². The second kappa shape index (κ2) is 12.3. The van der Waals surface area contributed by atoms with E-state index in [-0.39, 0.29) is 35.8 Å². The van der Waals surface area contributed by atoms with Crippen molar-refractivity contribution >= 4 is 34.2 Å². The highest BCUT2D eigenvalue weighted by Gasteiger charge is 2.42. The molecule has 12 heteroatoms. The molecule has 236 valence electrons. The number of thiophene rings is 1. The molecule has 0 saturated carbocycles. The zero-order chi connectivity index (χ0) is 31.8. The Morgan fingerprint density at radius 1 is 1.00 bits per heavy atom. The van der Waals surface area contributed by atoms with E-state index in [1.54, 1.807) is 35.4 Å². The minimum Gasteiger partial charge on any atom is -0.388 e. The summed E-state index contributed by atoms with van der Waals surface area (Å²) in [4.78, 5) is 58.9. The van der Waals surface area contributed by atoms with E-state index < -0.39 is 5.60 Å². The summed E-state index contributed by atoms with van der Waals surface area (Å²) in [6, 6.07) is 15.4. The molecule has 1 aromatic carbocycles. The van der Waals surface area contributed by atoms with Crippen molar-refractivity contribution in [2.24, 2.45) is 13.0 Å². The number of hydrogen-bond acceptors (Lipinski definition) is 8. The Morgan fingerprint density at radius 2 is 1.80 bits per heavy atom. The number of amides is 2. The van der Waals surface area contributed by atoms with E-state index in [1.165, 1.54) is 22.2 Å². The van der Waals surface area contributed by atoms with E-state index in [0.717, 1.165) is 16.1 Å². The average Bonchev–Trinajstić information content (AvgIpc) is 3.74. The first-order valence-corrected chi connectivity index (χ1v) is 16.3. The SMILES string of the molecule is Cn1ccc2c(=O)n(CC3(O)CCN(C(=O)[C@@H]4CCN(C(=O)c5ccc(-c6cnccn6)s5)C[C@H]4c4ccccc4)CC3)cnc21. The largest absolute Gasteiger partial charge is 0.388 e. The fraction of sp³-hybridized carbons (Fsp3) is 0.353. The molecule has 46 heavy (non-hydrogen) atoms. The number of aryl methyl sites for hydroxylation is 1. The number of carbonyl (C=O) groups is 2. The zero-order valence-corrected chi connectivity index (χ0v) is 26.3. The van der Waals surface area contributed by atoms with Crippen LogP contribution in [-0.2, 0) is 18.4 Å². The minimum absolute atomic E-state index is 0.0478. The lowest BCUT2D eigenvalue weighted by molar-refractivity contribution is -0.142. The number of aromatic nitrogens is 5. The third-order valence-corrected chi connectivity index (χ3v) is 10.5. The van der Waals surface area contributed by atoms with Crippen molar-refractivity contribution in [3.8, 4) is 10.6 Å². The van der Waals surface area contributed by atoms with Crippen molar-refractivity contribution in [1.82, 2.24) is 33.9 Å². The van der Waals surface area contributed by atoms with Gasteiger partial charge in [0, 0.05) is 63.7 Å². The first kappa shape index (κ1) is 30.0. The molecular formula is C34H35N7O4S. The highest BCUT2D eigenvalue weighted by Crippen LogP contribution is 2.37. The molecule has 4 aromatic heterocycles. The molecule has 6 heterocycles.